The molecule has 0 N–H and O–H groups in total. The molecule has 1 aromatic rings. The molecule has 3 nitrogen and oxygen atoms in total. The first-order valence-corrected chi connectivity index (χ1v) is 7.57. The van der Waals surface area contributed by atoms with Gasteiger partial charge in [-0.15, -0.1) is 0 Å². The Bertz CT molecular complexity index is 587. The first kappa shape index (κ1) is 14.1. The molecule has 0 aromatic heterocycles. The third-order valence-electron chi connectivity index (χ3n) is 3.97. The Hall–Kier alpha value is -1.87. The van der Waals surface area contributed by atoms with Gasteiger partial charge >= 0.3 is 0 Å². The van der Waals surface area contributed by atoms with Crippen molar-refractivity contribution < 1.29 is 4.74 Å². The van der Waals surface area contributed by atoms with E-state index in [0.29, 0.717) is 5.92 Å². The fraction of sp³-hybridized carbons (Fsp3) is 0.389. The molecule has 1 aromatic carbocycles. The van der Waals surface area contributed by atoms with Gasteiger partial charge < -0.3 is 9.64 Å². The van der Waals surface area contributed by atoms with Gasteiger partial charge in [-0.3, -0.25) is 4.99 Å². The summed E-state index contributed by atoms with van der Waals surface area (Å²) in [5.41, 5.74) is 2.09. The van der Waals surface area contributed by atoms with Crippen LogP contribution in [0, 0.1) is 5.92 Å². The van der Waals surface area contributed by atoms with Crippen LogP contribution in [-0.2, 0) is 0 Å². The van der Waals surface area contributed by atoms with Gasteiger partial charge in [-0.25, -0.2) is 0 Å². The lowest BCUT2D eigenvalue weighted by Gasteiger charge is -2.28. The lowest BCUT2D eigenvalue weighted by molar-refractivity contribution is 0.179. The molecule has 3 rings (SSSR count). The lowest BCUT2D eigenvalue weighted by atomic mass is 9.90. The van der Waals surface area contributed by atoms with Gasteiger partial charge in [-0.05, 0) is 51.7 Å². The average molecular weight is 282 g/mol. The van der Waals surface area contributed by atoms with Crippen molar-refractivity contribution >= 4 is 6.21 Å². The van der Waals surface area contributed by atoms with E-state index in [2.05, 4.69) is 42.2 Å². The fourth-order valence-corrected chi connectivity index (χ4v) is 2.84. The van der Waals surface area contributed by atoms with E-state index in [9.17, 15) is 0 Å². The van der Waals surface area contributed by atoms with Gasteiger partial charge in [-0.1, -0.05) is 24.3 Å². The molecule has 2 atom stereocenters. The first-order chi connectivity index (χ1) is 10.2. The fourth-order valence-electron chi connectivity index (χ4n) is 2.84. The van der Waals surface area contributed by atoms with Gasteiger partial charge in [0.2, 0.25) is 0 Å². The number of rotatable bonds is 4. The normalized spacial score (nSPS) is 23.1. The summed E-state index contributed by atoms with van der Waals surface area (Å²) in [5.74, 6) is 1.33. The standard InChI is InChI=1S/C18H22N2O/c1-20(2)12-6-9-14-8-5-10-16-18(14)21-17-11-4-3-7-15(17)13-19-16/h3-5,7-8,10-11,13-14,18H,6,9,12H2,1-2H3. The Balaban J connectivity index is 1.77. The zero-order valence-corrected chi connectivity index (χ0v) is 12.7. The van der Waals surface area contributed by atoms with Crippen LogP contribution in [0.3, 0.4) is 0 Å². The van der Waals surface area contributed by atoms with Gasteiger partial charge in [0.05, 0.1) is 5.70 Å². The minimum Gasteiger partial charge on any atom is -0.483 e. The number of hydrogen-bond donors (Lipinski definition) is 0. The molecule has 0 spiro atoms. The smallest absolute Gasteiger partial charge is 0.147 e. The summed E-state index contributed by atoms with van der Waals surface area (Å²) < 4.78 is 6.27. The Morgan fingerprint density at radius 1 is 1.24 bits per heavy atom. The summed E-state index contributed by atoms with van der Waals surface area (Å²) in [6, 6.07) is 8.11. The molecule has 0 radical (unpaired) electrons. The predicted molar refractivity (Wildman–Crippen MR) is 87.0 cm³/mol. The maximum Gasteiger partial charge on any atom is 0.147 e. The van der Waals surface area contributed by atoms with Crippen molar-refractivity contribution in [2.45, 2.75) is 18.9 Å². The second kappa shape index (κ2) is 6.27. The van der Waals surface area contributed by atoms with Crippen molar-refractivity contribution in [2.24, 2.45) is 10.9 Å². The first-order valence-electron chi connectivity index (χ1n) is 7.57. The minimum absolute atomic E-state index is 0.0389. The summed E-state index contributed by atoms with van der Waals surface area (Å²) in [5, 5.41) is 0. The SMILES string of the molecule is CN(C)CCCC1C=CC=C2N=Cc3ccccc3OC21. The zero-order valence-electron chi connectivity index (χ0n) is 12.7. The highest BCUT2D eigenvalue weighted by Gasteiger charge is 2.28. The van der Waals surface area contributed by atoms with E-state index < -0.39 is 0 Å². The average Bonchev–Trinajstić information content (AvgIpc) is 2.67. The van der Waals surface area contributed by atoms with Gasteiger partial charge in [0.15, 0.2) is 0 Å². The molecule has 0 bridgehead atoms. The number of fused-ring (bicyclic) bond motifs is 2. The molecule has 3 heteroatoms. The van der Waals surface area contributed by atoms with Gasteiger partial charge in [0.1, 0.15) is 11.9 Å². The van der Waals surface area contributed by atoms with Crippen LogP contribution in [0.2, 0.25) is 0 Å². The van der Waals surface area contributed by atoms with E-state index in [-0.39, 0.29) is 6.10 Å². The van der Waals surface area contributed by atoms with Crippen LogP contribution in [0.1, 0.15) is 18.4 Å². The molecule has 0 saturated carbocycles. The van der Waals surface area contributed by atoms with Gasteiger partial charge in [0, 0.05) is 17.7 Å². The highest BCUT2D eigenvalue weighted by atomic mass is 16.5. The Labute approximate surface area is 126 Å². The molecule has 110 valence electrons. The summed E-state index contributed by atoms with van der Waals surface area (Å²) in [7, 11) is 4.23. The summed E-state index contributed by atoms with van der Waals surface area (Å²) in [4.78, 5) is 6.86. The van der Waals surface area contributed by atoms with E-state index in [1.807, 2.05) is 30.5 Å². The van der Waals surface area contributed by atoms with Crippen molar-refractivity contribution in [1.29, 1.82) is 0 Å². The number of nitrogens with zero attached hydrogens (tertiary/aromatic N) is 2. The molecule has 1 aliphatic carbocycles. The lowest BCUT2D eigenvalue weighted by Crippen LogP contribution is -2.29. The van der Waals surface area contributed by atoms with Crippen molar-refractivity contribution in [3.05, 3.63) is 53.8 Å². The molecule has 0 saturated heterocycles. The number of benzene rings is 1. The van der Waals surface area contributed by atoms with Crippen LogP contribution in [0.25, 0.3) is 0 Å². The third-order valence-corrected chi connectivity index (χ3v) is 3.97. The van der Waals surface area contributed by atoms with Crippen LogP contribution < -0.4 is 4.74 Å². The number of aliphatic imine (C=N–C) groups is 1. The largest absolute Gasteiger partial charge is 0.483 e. The molecule has 0 amide bonds. The van der Waals surface area contributed by atoms with E-state index in [1.165, 1.54) is 6.42 Å². The molecule has 1 heterocycles. The molecular weight excluding hydrogens is 260 g/mol. The van der Waals surface area contributed by atoms with E-state index in [1.54, 1.807) is 0 Å². The maximum absolute atomic E-state index is 6.27. The highest BCUT2D eigenvalue weighted by molar-refractivity contribution is 5.84. The quantitative estimate of drug-likeness (QED) is 0.846. The van der Waals surface area contributed by atoms with E-state index in [0.717, 1.165) is 30.0 Å². The molecule has 2 unspecified atom stereocenters. The topological polar surface area (TPSA) is 24.8 Å². The number of hydrogen-bond acceptors (Lipinski definition) is 3. The van der Waals surface area contributed by atoms with Crippen LogP contribution in [0.15, 0.2) is 53.2 Å². The summed E-state index contributed by atoms with van der Waals surface area (Å²) >= 11 is 0. The Kier molecular flexibility index (Phi) is 4.20. The molecule has 1 aliphatic heterocycles. The summed E-state index contributed by atoms with van der Waals surface area (Å²) in [6.07, 6.45) is 10.7. The van der Waals surface area contributed by atoms with Gasteiger partial charge in [0.25, 0.3) is 0 Å². The van der Waals surface area contributed by atoms with Gasteiger partial charge in [-0.2, -0.15) is 0 Å². The number of allylic oxidation sites excluding steroid dienone is 2. The van der Waals surface area contributed by atoms with Crippen LogP contribution in [0.5, 0.6) is 5.75 Å². The zero-order chi connectivity index (χ0) is 14.7. The summed E-state index contributed by atoms with van der Waals surface area (Å²) in [6.45, 7) is 1.11. The van der Waals surface area contributed by atoms with Crippen LogP contribution in [0.4, 0.5) is 0 Å². The second-order valence-electron chi connectivity index (χ2n) is 5.92. The molecule has 0 fully saturated rings. The predicted octanol–water partition coefficient (Wildman–Crippen LogP) is 3.28. The highest BCUT2D eigenvalue weighted by Crippen LogP contribution is 2.32. The van der Waals surface area contributed by atoms with E-state index in [4.69, 9.17) is 4.74 Å². The monoisotopic (exact) mass is 282 g/mol. The Morgan fingerprint density at radius 2 is 2.10 bits per heavy atom. The second-order valence-corrected chi connectivity index (χ2v) is 5.92. The van der Waals surface area contributed by atoms with Crippen molar-refractivity contribution in [3.63, 3.8) is 0 Å². The third kappa shape index (κ3) is 3.24. The van der Waals surface area contributed by atoms with Crippen molar-refractivity contribution in [3.8, 4) is 5.75 Å². The van der Waals surface area contributed by atoms with Crippen molar-refractivity contribution in [1.82, 2.24) is 4.90 Å². The maximum atomic E-state index is 6.27. The Morgan fingerprint density at radius 3 is 2.95 bits per heavy atom. The molecular formula is C18H22N2O. The van der Waals surface area contributed by atoms with Crippen LogP contribution >= 0.6 is 0 Å². The minimum atomic E-state index is 0.0389. The van der Waals surface area contributed by atoms with Crippen molar-refractivity contribution in [2.75, 3.05) is 20.6 Å². The van der Waals surface area contributed by atoms with E-state index >= 15 is 0 Å². The molecule has 21 heavy (non-hydrogen) atoms. The van der Waals surface area contributed by atoms with Crippen LogP contribution in [-0.4, -0.2) is 37.9 Å². The number of ether oxygens (including phenoxy) is 1. The molecule has 2 aliphatic rings. The number of para-hydroxylation sites is 1.